The fraction of sp³-hybridized carbons (Fsp3) is 0.308. The van der Waals surface area contributed by atoms with Gasteiger partial charge in [-0.3, -0.25) is 10.3 Å². The summed E-state index contributed by atoms with van der Waals surface area (Å²) in [6.45, 7) is 1.88. The summed E-state index contributed by atoms with van der Waals surface area (Å²) in [5.41, 5.74) is 1.69. The van der Waals surface area contributed by atoms with Crippen LogP contribution in [0.3, 0.4) is 0 Å². The van der Waals surface area contributed by atoms with Crippen molar-refractivity contribution in [2.45, 2.75) is 19.4 Å². The van der Waals surface area contributed by atoms with E-state index >= 15 is 0 Å². The molecular formula is C13H16N4O2S. The van der Waals surface area contributed by atoms with Gasteiger partial charge in [-0.1, -0.05) is 0 Å². The quantitative estimate of drug-likeness (QED) is 0.787. The van der Waals surface area contributed by atoms with Crippen LogP contribution >= 0.6 is 11.3 Å². The highest BCUT2D eigenvalue weighted by Crippen LogP contribution is 2.23. The number of amides is 2. The first-order valence-electron chi connectivity index (χ1n) is 6.23. The number of aromatic nitrogens is 2. The van der Waals surface area contributed by atoms with Gasteiger partial charge >= 0.3 is 6.03 Å². The molecule has 0 aromatic carbocycles. The molecule has 0 aliphatic rings. The van der Waals surface area contributed by atoms with E-state index in [1.54, 1.807) is 12.4 Å². The van der Waals surface area contributed by atoms with Crippen molar-refractivity contribution in [3.63, 3.8) is 0 Å². The van der Waals surface area contributed by atoms with Gasteiger partial charge in [0.1, 0.15) is 0 Å². The summed E-state index contributed by atoms with van der Waals surface area (Å²) in [6.07, 6.45) is 3.94. The van der Waals surface area contributed by atoms with Crippen LogP contribution < -0.4 is 10.6 Å². The van der Waals surface area contributed by atoms with E-state index in [9.17, 15) is 4.79 Å². The molecule has 2 amide bonds. The number of hydrogen-bond acceptors (Lipinski definition) is 5. The number of nitrogens with zero attached hydrogens (tertiary/aromatic N) is 2. The molecule has 0 spiro atoms. The van der Waals surface area contributed by atoms with Gasteiger partial charge in [-0.2, -0.15) is 0 Å². The summed E-state index contributed by atoms with van der Waals surface area (Å²) in [4.78, 5) is 20.1. The monoisotopic (exact) mass is 292 g/mol. The summed E-state index contributed by atoms with van der Waals surface area (Å²) in [7, 11) is 0. The smallest absolute Gasteiger partial charge is 0.321 e. The first-order chi connectivity index (χ1) is 9.69. The molecule has 0 bridgehead atoms. The third-order valence-corrected chi connectivity index (χ3v) is 3.38. The zero-order valence-corrected chi connectivity index (χ0v) is 11.9. The van der Waals surface area contributed by atoms with Crippen molar-refractivity contribution in [1.29, 1.82) is 0 Å². The van der Waals surface area contributed by atoms with E-state index in [4.69, 9.17) is 5.11 Å². The Morgan fingerprint density at radius 1 is 1.55 bits per heavy atom. The molecule has 0 saturated carbocycles. The van der Waals surface area contributed by atoms with Gasteiger partial charge in [0.25, 0.3) is 0 Å². The maximum absolute atomic E-state index is 11.7. The van der Waals surface area contributed by atoms with Crippen LogP contribution in [0.25, 0.3) is 11.3 Å². The number of aliphatic hydroxyl groups excluding tert-OH is 1. The number of carbonyl (C=O) groups excluding carboxylic acids is 1. The van der Waals surface area contributed by atoms with Crippen molar-refractivity contribution in [2.24, 2.45) is 0 Å². The second kappa shape index (κ2) is 6.97. The minimum atomic E-state index is -0.321. The summed E-state index contributed by atoms with van der Waals surface area (Å²) >= 11 is 1.35. The maximum atomic E-state index is 11.7. The molecule has 1 atom stereocenters. The first-order valence-corrected chi connectivity index (χ1v) is 7.11. The van der Waals surface area contributed by atoms with Crippen LogP contribution in [0, 0.1) is 0 Å². The number of carbonyl (C=O) groups is 1. The number of pyridine rings is 1. The lowest BCUT2D eigenvalue weighted by Crippen LogP contribution is -2.36. The molecule has 0 aliphatic heterocycles. The third-order valence-electron chi connectivity index (χ3n) is 2.62. The number of thiazole rings is 1. The molecule has 6 nitrogen and oxygen atoms in total. The van der Waals surface area contributed by atoms with E-state index in [1.165, 1.54) is 11.3 Å². The standard InChI is InChI=1S/C13H16N4O2S/c1-9(4-6-18)15-12(19)17-13-16-11(8-20-13)10-3-2-5-14-7-10/h2-3,5,7-9,18H,4,6H2,1H3,(H2,15,16,17,19)/t9-/m1/s1. The molecule has 0 unspecified atom stereocenters. The third kappa shape index (κ3) is 4.01. The highest BCUT2D eigenvalue weighted by molar-refractivity contribution is 7.14. The summed E-state index contributed by atoms with van der Waals surface area (Å²) in [6, 6.07) is 3.34. The molecule has 0 aliphatic carbocycles. The highest BCUT2D eigenvalue weighted by atomic mass is 32.1. The molecule has 3 N–H and O–H groups in total. The van der Waals surface area contributed by atoms with Gasteiger partial charge in [-0.25, -0.2) is 9.78 Å². The van der Waals surface area contributed by atoms with E-state index in [0.29, 0.717) is 11.6 Å². The van der Waals surface area contributed by atoms with E-state index in [1.807, 2.05) is 24.4 Å². The van der Waals surface area contributed by atoms with Crippen molar-refractivity contribution >= 4 is 22.5 Å². The lowest BCUT2D eigenvalue weighted by Gasteiger charge is -2.11. The molecule has 0 saturated heterocycles. The van der Waals surface area contributed by atoms with Crippen LogP contribution in [-0.4, -0.2) is 33.8 Å². The lowest BCUT2D eigenvalue weighted by atomic mass is 10.2. The highest BCUT2D eigenvalue weighted by Gasteiger charge is 2.10. The van der Waals surface area contributed by atoms with Gasteiger partial charge in [-0.15, -0.1) is 11.3 Å². The van der Waals surface area contributed by atoms with Gasteiger partial charge in [0, 0.05) is 36.0 Å². The molecule has 106 valence electrons. The number of anilines is 1. The minimum Gasteiger partial charge on any atom is -0.396 e. The molecule has 2 heterocycles. The maximum Gasteiger partial charge on any atom is 0.321 e. The Morgan fingerprint density at radius 2 is 2.40 bits per heavy atom. The normalized spacial score (nSPS) is 11.9. The van der Waals surface area contributed by atoms with Crippen LogP contribution in [0.1, 0.15) is 13.3 Å². The predicted molar refractivity (Wildman–Crippen MR) is 78.7 cm³/mol. The average molecular weight is 292 g/mol. The van der Waals surface area contributed by atoms with Crippen molar-refractivity contribution in [1.82, 2.24) is 15.3 Å². The number of aliphatic hydroxyl groups is 1. The largest absolute Gasteiger partial charge is 0.396 e. The number of urea groups is 1. The number of rotatable bonds is 5. The van der Waals surface area contributed by atoms with Crippen LogP contribution in [0.15, 0.2) is 29.9 Å². The average Bonchev–Trinajstić information content (AvgIpc) is 2.88. The zero-order valence-electron chi connectivity index (χ0n) is 11.0. The minimum absolute atomic E-state index is 0.0455. The molecule has 2 aromatic rings. The van der Waals surface area contributed by atoms with Crippen LogP contribution in [0.5, 0.6) is 0 Å². The summed E-state index contributed by atoms with van der Waals surface area (Å²) in [5.74, 6) is 0. The Labute approximate surface area is 120 Å². The fourth-order valence-electron chi connectivity index (χ4n) is 1.60. The Balaban J connectivity index is 1.95. The van der Waals surface area contributed by atoms with E-state index < -0.39 is 0 Å². The second-order valence-corrected chi connectivity index (χ2v) is 5.15. The van der Waals surface area contributed by atoms with Crippen molar-refractivity contribution in [3.8, 4) is 11.3 Å². The fourth-order valence-corrected chi connectivity index (χ4v) is 2.32. The lowest BCUT2D eigenvalue weighted by molar-refractivity contribution is 0.241. The number of nitrogens with one attached hydrogen (secondary N) is 2. The van der Waals surface area contributed by atoms with E-state index in [-0.39, 0.29) is 18.7 Å². The molecule has 7 heteroatoms. The Hall–Kier alpha value is -1.99. The topological polar surface area (TPSA) is 87.1 Å². The van der Waals surface area contributed by atoms with Crippen molar-refractivity contribution in [2.75, 3.05) is 11.9 Å². The van der Waals surface area contributed by atoms with Gasteiger partial charge in [0.15, 0.2) is 5.13 Å². The number of hydrogen-bond donors (Lipinski definition) is 3. The van der Waals surface area contributed by atoms with Gasteiger partial charge < -0.3 is 10.4 Å². The van der Waals surface area contributed by atoms with Gasteiger partial charge in [-0.05, 0) is 25.5 Å². The van der Waals surface area contributed by atoms with E-state index in [0.717, 1.165) is 11.3 Å². The van der Waals surface area contributed by atoms with Crippen LogP contribution in [-0.2, 0) is 0 Å². The Morgan fingerprint density at radius 3 is 3.10 bits per heavy atom. The molecule has 0 fully saturated rings. The SMILES string of the molecule is C[C@H](CCO)NC(=O)Nc1nc(-c2cccnc2)cs1. The molecule has 20 heavy (non-hydrogen) atoms. The van der Waals surface area contributed by atoms with Crippen LogP contribution in [0.4, 0.5) is 9.93 Å². The Kier molecular flexibility index (Phi) is 5.03. The first kappa shape index (κ1) is 14.4. The molecule has 0 radical (unpaired) electrons. The summed E-state index contributed by atoms with van der Waals surface area (Å²) in [5, 5.41) is 16.6. The molecular weight excluding hydrogens is 276 g/mol. The van der Waals surface area contributed by atoms with Crippen molar-refractivity contribution in [3.05, 3.63) is 29.9 Å². The van der Waals surface area contributed by atoms with Gasteiger partial charge in [0.2, 0.25) is 0 Å². The van der Waals surface area contributed by atoms with Gasteiger partial charge in [0.05, 0.1) is 5.69 Å². The van der Waals surface area contributed by atoms with Crippen molar-refractivity contribution < 1.29 is 9.90 Å². The Bertz CT molecular complexity index is 559. The summed E-state index contributed by atoms with van der Waals surface area (Å²) < 4.78 is 0. The zero-order chi connectivity index (χ0) is 14.4. The molecule has 2 aromatic heterocycles. The predicted octanol–water partition coefficient (Wildman–Crippen LogP) is 2.10. The second-order valence-electron chi connectivity index (χ2n) is 4.29. The molecule has 2 rings (SSSR count). The van der Waals surface area contributed by atoms with Crippen LogP contribution in [0.2, 0.25) is 0 Å². The van der Waals surface area contributed by atoms with E-state index in [2.05, 4.69) is 20.6 Å².